The number of nitrogens with one attached hydrogen (secondary N) is 1. The van der Waals surface area contributed by atoms with E-state index in [2.05, 4.69) is 32.1 Å². The van der Waals surface area contributed by atoms with E-state index in [1.54, 1.807) is 17.1 Å². The number of piperazine rings is 1. The van der Waals surface area contributed by atoms with Crippen molar-refractivity contribution < 1.29 is 4.79 Å². The highest BCUT2D eigenvalue weighted by molar-refractivity contribution is 6.02. The van der Waals surface area contributed by atoms with Crippen LogP contribution in [0.4, 0.5) is 11.6 Å². The molecule has 122 valence electrons. The summed E-state index contributed by atoms with van der Waals surface area (Å²) in [6.45, 7) is 5.98. The van der Waals surface area contributed by atoms with Crippen molar-refractivity contribution in [3.05, 3.63) is 35.9 Å². The molecule has 0 aliphatic carbocycles. The van der Waals surface area contributed by atoms with Gasteiger partial charge in [-0.05, 0) is 25.6 Å². The van der Waals surface area contributed by atoms with E-state index in [0.29, 0.717) is 11.5 Å². The first kappa shape index (κ1) is 15.5. The van der Waals surface area contributed by atoms with Crippen LogP contribution in [-0.2, 0) is 7.05 Å². The molecule has 0 unspecified atom stereocenters. The van der Waals surface area contributed by atoms with Crippen LogP contribution >= 0.6 is 0 Å². The van der Waals surface area contributed by atoms with Crippen LogP contribution in [0.2, 0.25) is 0 Å². The summed E-state index contributed by atoms with van der Waals surface area (Å²) >= 11 is 0. The molecule has 7 heteroatoms. The first-order chi connectivity index (χ1) is 11.0. The number of rotatable bonds is 3. The normalized spacial score (nSPS) is 15.7. The Hall–Kier alpha value is -2.41. The Morgan fingerprint density at radius 1 is 1.17 bits per heavy atom. The van der Waals surface area contributed by atoms with Crippen molar-refractivity contribution in [3.8, 4) is 0 Å². The van der Waals surface area contributed by atoms with E-state index in [1.165, 1.54) is 0 Å². The summed E-state index contributed by atoms with van der Waals surface area (Å²) in [5, 5.41) is 2.82. The largest absolute Gasteiger partial charge is 0.354 e. The minimum absolute atomic E-state index is 0.244. The van der Waals surface area contributed by atoms with Gasteiger partial charge in [-0.25, -0.2) is 9.97 Å². The van der Waals surface area contributed by atoms with Gasteiger partial charge in [0, 0.05) is 39.4 Å². The number of anilines is 2. The number of carbonyl (C=O) groups is 1. The second kappa shape index (κ2) is 6.37. The fraction of sp³-hybridized carbons (Fsp3) is 0.438. The lowest BCUT2D eigenvalue weighted by Gasteiger charge is -2.34. The van der Waals surface area contributed by atoms with Crippen LogP contribution in [0.25, 0.3) is 0 Å². The molecule has 7 nitrogen and oxygen atoms in total. The molecule has 2 aromatic heterocycles. The molecule has 0 saturated carbocycles. The van der Waals surface area contributed by atoms with Gasteiger partial charge in [-0.3, -0.25) is 4.79 Å². The number of pyridine rings is 1. The van der Waals surface area contributed by atoms with Crippen molar-refractivity contribution in [2.24, 2.45) is 7.05 Å². The molecule has 2 aromatic rings. The number of carbonyl (C=O) groups excluding carboxylic acids is 1. The molecule has 1 amide bonds. The topological polar surface area (TPSA) is 66.3 Å². The lowest BCUT2D eigenvalue weighted by molar-refractivity contribution is 0.102. The van der Waals surface area contributed by atoms with Gasteiger partial charge in [0.1, 0.15) is 17.3 Å². The molecule has 0 atom stereocenters. The molecule has 0 aromatic carbocycles. The Bertz CT molecular complexity index is 702. The van der Waals surface area contributed by atoms with Crippen LogP contribution in [-0.4, -0.2) is 58.6 Å². The van der Waals surface area contributed by atoms with E-state index in [0.717, 1.165) is 37.6 Å². The molecule has 1 N–H and O–H groups in total. The number of nitrogens with zero attached hydrogens (tertiary/aromatic N) is 5. The third kappa shape index (κ3) is 3.50. The number of hydrogen-bond donors (Lipinski definition) is 1. The molecular weight excluding hydrogens is 292 g/mol. The maximum absolute atomic E-state index is 12.2. The average molecular weight is 314 g/mol. The molecule has 3 heterocycles. The fourth-order valence-electron chi connectivity index (χ4n) is 2.64. The molecule has 0 radical (unpaired) electrons. The average Bonchev–Trinajstić information content (AvgIpc) is 2.97. The zero-order valence-electron chi connectivity index (χ0n) is 13.8. The lowest BCUT2D eigenvalue weighted by atomic mass is 10.2. The van der Waals surface area contributed by atoms with Gasteiger partial charge in [-0.1, -0.05) is 6.07 Å². The Labute approximate surface area is 135 Å². The van der Waals surface area contributed by atoms with E-state index in [1.807, 2.05) is 26.1 Å². The van der Waals surface area contributed by atoms with Crippen molar-refractivity contribution in [1.29, 1.82) is 0 Å². The highest BCUT2D eigenvalue weighted by Crippen LogP contribution is 2.21. The van der Waals surface area contributed by atoms with Crippen LogP contribution in [0.1, 0.15) is 16.1 Å². The molecule has 0 spiro atoms. The van der Waals surface area contributed by atoms with Crippen molar-refractivity contribution in [2.45, 2.75) is 6.92 Å². The molecular formula is C16H22N6O. The van der Waals surface area contributed by atoms with Crippen LogP contribution in [0.15, 0.2) is 24.7 Å². The molecule has 1 aliphatic rings. The van der Waals surface area contributed by atoms with Crippen LogP contribution in [0.3, 0.4) is 0 Å². The summed E-state index contributed by atoms with van der Waals surface area (Å²) < 4.78 is 1.74. The van der Waals surface area contributed by atoms with E-state index in [4.69, 9.17) is 0 Å². The van der Waals surface area contributed by atoms with Gasteiger partial charge in [-0.2, -0.15) is 0 Å². The number of hydrogen-bond acceptors (Lipinski definition) is 5. The quantitative estimate of drug-likeness (QED) is 0.920. The second-order valence-corrected chi connectivity index (χ2v) is 6.01. The van der Waals surface area contributed by atoms with E-state index >= 15 is 0 Å². The van der Waals surface area contributed by atoms with Gasteiger partial charge in [0.2, 0.25) is 0 Å². The van der Waals surface area contributed by atoms with Gasteiger partial charge in [0.15, 0.2) is 0 Å². The first-order valence-electron chi connectivity index (χ1n) is 7.73. The molecule has 0 bridgehead atoms. The predicted molar refractivity (Wildman–Crippen MR) is 89.8 cm³/mol. The van der Waals surface area contributed by atoms with Crippen molar-refractivity contribution in [1.82, 2.24) is 19.4 Å². The highest BCUT2D eigenvalue weighted by atomic mass is 16.2. The van der Waals surface area contributed by atoms with Gasteiger partial charge < -0.3 is 19.7 Å². The molecule has 1 saturated heterocycles. The number of aromatic nitrogens is 3. The Kier molecular flexibility index (Phi) is 4.29. The standard InChI is InChI=1S/C16H22N6O/c1-12-4-5-14(19-16(23)13-10-21(3)11-17-13)18-15(12)22-8-6-20(2)7-9-22/h4-5,10-11H,6-9H2,1-3H3,(H,18,19,23). The number of amides is 1. The van der Waals surface area contributed by atoms with Gasteiger partial charge in [-0.15, -0.1) is 0 Å². The summed E-state index contributed by atoms with van der Waals surface area (Å²) in [5.41, 5.74) is 1.50. The fourth-order valence-corrected chi connectivity index (χ4v) is 2.64. The lowest BCUT2D eigenvalue weighted by Crippen LogP contribution is -2.45. The second-order valence-electron chi connectivity index (χ2n) is 6.01. The minimum atomic E-state index is -0.244. The number of likely N-dealkylation sites (N-methyl/N-ethyl adjacent to an activating group) is 1. The molecule has 3 rings (SSSR count). The third-order valence-corrected chi connectivity index (χ3v) is 4.05. The first-order valence-corrected chi connectivity index (χ1v) is 7.73. The van der Waals surface area contributed by atoms with E-state index in [9.17, 15) is 4.79 Å². The SMILES string of the molecule is Cc1ccc(NC(=O)c2cn(C)cn2)nc1N1CCN(C)CC1. The van der Waals surface area contributed by atoms with E-state index in [-0.39, 0.29) is 5.91 Å². The summed E-state index contributed by atoms with van der Waals surface area (Å²) in [6, 6.07) is 3.82. The maximum Gasteiger partial charge on any atom is 0.276 e. The van der Waals surface area contributed by atoms with Gasteiger partial charge >= 0.3 is 0 Å². The highest BCUT2D eigenvalue weighted by Gasteiger charge is 2.18. The van der Waals surface area contributed by atoms with Crippen LogP contribution < -0.4 is 10.2 Å². The van der Waals surface area contributed by atoms with E-state index < -0.39 is 0 Å². The smallest absolute Gasteiger partial charge is 0.276 e. The number of imidazole rings is 1. The van der Waals surface area contributed by atoms with Gasteiger partial charge in [0.05, 0.1) is 6.33 Å². The summed E-state index contributed by atoms with van der Waals surface area (Å²) in [7, 11) is 3.96. The summed E-state index contributed by atoms with van der Waals surface area (Å²) in [6.07, 6.45) is 3.29. The number of aryl methyl sites for hydroxylation is 2. The van der Waals surface area contributed by atoms with Crippen molar-refractivity contribution in [3.63, 3.8) is 0 Å². The zero-order chi connectivity index (χ0) is 16.4. The van der Waals surface area contributed by atoms with Crippen LogP contribution in [0.5, 0.6) is 0 Å². The Morgan fingerprint density at radius 2 is 1.91 bits per heavy atom. The molecule has 23 heavy (non-hydrogen) atoms. The van der Waals surface area contributed by atoms with Crippen molar-refractivity contribution in [2.75, 3.05) is 43.4 Å². The molecule has 1 fully saturated rings. The van der Waals surface area contributed by atoms with Gasteiger partial charge in [0.25, 0.3) is 5.91 Å². The zero-order valence-corrected chi connectivity index (χ0v) is 13.8. The van der Waals surface area contributed by atoms with Crippen molar-refractivity contribution >= 4 is 17.5 Å². The molecule has 1 aliphatic heterocycles. The maximum atomic E-state index is 12.2. The monoisotopic (exact) mass is 314 g/mol. The summed E-state index contributed by atoms with van der Waals surface area (Å²) in [5.74, 6) is 1.25. The Morgan fingerprint density at radius 3 is 2.57 bits per heavy atom. The predicted octanol–water partition coefficient (Wildman–Crippen LogP) is 1.13. The minimum Gasteiger partial charge on any atom is -0.354 e. The summed E-state index contributed by atoms with van der Waals surface area (Å²) in [4.78, 5) is 25.5. The Balaban J connectivity index is 1.76. The third-order valence-electron chi connectivity index (χ3n) is 4.05. The van der Waals surface area contributed by atoms with Crippen LogP contribution in [0, 0.1) is 6.92 Å².